The van der Waals surface area contributed by atoms with Gasteiger partial charge in [0.1, 0.15) is 11.4 Å². The molecule has 0 fully saturated rings. The Kier molecular flexibility index (Phi) is 41.1. The molecule has 0 spiro atoms. The molecule has 0 atom stereocenters. The van der Waals surface area contributed by atoms with Crippen molar-refractivity contribution in [1.29, 1.82) is 0 Å². The second-order valence-electron chi connectivity index (χ2n) is 29.7. The summed E-state index contributed by atoms with van der Waals surface area (Å²) in [5.41, 5.74) is 12.2. The van der Waals surface area contributed by atoms with Gasteiger partial charge in [0.05, 0.1) is 28.6 Å². The van der Waals surface area contributed by atoms with Gasteiger partial charge in [-0.15, -0.1) is 0 Å². The van der Waals surface area contributed by atoms with E-state index in [1.165, 1.54) is 41.0 Å². The number of amides is 3. The predicted octanol–water partition coefficient (Wildman–Crippen LogP) is 22.8. The first-order chi connectivity index (χ1) is 53.5. The summed E-state index contributed by atoms with van der Waals surface area (Å²) in [5, 5.41) is 20.0. The fourth-order valence-corrected chi connectivity index (χ4v) is 10.5. The van der Waals surface area contributed by atoms with E-state index in [1.807, 2.05) is 128 Å². The van der Waals surface area contributed by atoms with Crippen LogP contribution in [0.4, 0.5) is 15.3 Å². The molecule has 0 aliphatic carbocycles. The zero-order chi connectivity index (χ0) is 87.4. The van der Waals surface area contributed by atoms with Crippen molar-refractivity contribution < 1.29 is 62.5 Å². The minimum absolute atomic E-state index is 0.00253. The third-order valence-electron chi connectivity index (χ3n) is 16.8. The number of nitrogens with one attached hydrogen (secondary N) is 3. The highest BCUT2D eigenvalue weighted by atomic mass is 35.5. The Bertz CT molecular complexity index is 4410. The Balaban J connectivity index is 0.000000469. The second kappa shape index (κ2) is 47.1. The average molecular weight is 1630 g/mol. The molecule has 612 valence electrons. The number of rotatable bonds is 20. The molecular weight excluding hydrogens is 1510 g/mol. The SMILES string of the molecule is CC.CC(=O)c1cccc(C(C)(C)N)c1.CC(=O)c1cccc(C(C)(C)N=C=O)c1.CC(=O)c1cccc(C(C)(C)NC(=O)Cc2ccc(Cl)cc2)c1.CC(=O)c1cccc(C(C)(C)NC(=O)Oc2ccc(Cl)cc2)c1.CC(=O)c1cccc(C(C)(C)O)c1.CC(=O)c1cccc(C(C)(C)OC(=O)Nc2ccc(Cl)cc2)c1.CCC. The number of Topliss-reactive ketones (excluding diaryl/α,β-unsaturated/α-hetero) is 6. The number of ether oxygens (including phenoxy) is 2. The van der Waals surface area contributed by atoms with Crippen molar-refractivity contribution in [2.24, 2.45) is 10.7 Å². The molecule has 9 aromatic carbocycles. The number of nitrogens with two attached hydrogens (primary N) is 1. The van der Waals surface area contributed by atoms with Crippen LogP contribution in [0, 0.1) is 0 Å². The number of anilines is 1. The van der Waals surface area contributed by atoms with Crippen LogP contribution in [0.2, 0.25) is 15.1 Å². The third-order valence-corrected chi connectivity index (χ3v) is 17.6. The molecule has 6 N–H and O–H groups in total. The highest BCUT2D eigenvalue weighted by molar-refractivity contribution is 6.31. The first kappa shape index (κ1) is 100. The number of benzene rings is 9. The van der Waals surface area contributed by atoms with Crippen LogP contribution in [0.5, 0.6) is 5.75 Å². The second-order valence-corrected chi connectivity index (χ2v) is 31.0. The zero-order valence-corrected chi connectivity index (χ0v) is 72.5. The number of hydrogen-bond acceptors (Lipinski definition) is 15. The molecule has 0 radical (unpaired) electrons. The molecule has 9 aromatic rings. The summed E-state index contributed by atoms with van der Waals surface area (Å²) in [7, 11) is 0. The minimum atomic E-state index is -0.883. The van der Waals surface area contributed by atoms with Gasteiger partial charge in [0.15, 0.2) is 34.7 Å². The van der Waals surface area contributed by atoms with Gasteiger partial charge in [0.2, 0.25) is 12.0 Å². The molecule has 18 nitrogen and oxygen atoms in total. The Labute approximate surface area is 694 Å². The van der Waals surface area contributed by atoms with Crippen LogP contribution in [-0.2, 0) is 54.1 Å². The molecule has 0 unspecified atom stereocenters. The van der Waals surface area contributed by atoms with Crippen molar-refractivity contribution in [3.05, 3.63) is 306 Å². The molecule has 3 amide bonds. The molecule has 0 bridgehead atoms. The molecule has 9 rings (SSSR count). The normalized spacial score (nSPS) is 10.8. The Morgan fingerprint density at radius 2 is 0.722 bits per heavy atom. The largest absolute Gasteiger partial charge is 0.438 e. The van der Waals surface area contributed by atoms with Gasteiger partial charge in [-0.05, 0) is 261 Å². The minimum Gasteiger partial charge on any atom is -0.438 e. The number of aliphatic imine (C=N–C) groups is 1. The van der Waals surface area contributed by atoms with E-state index >= 15 is 0 Å². The number of carbonyl (C=O) groups excluding carboxylic acids is 10. The average Bonchev–Trinajstić information content (AvgIpc) is 0.819. The van der Waals surface area contributed by atoms with Crippen LogP contribution in [0.1, 0.15) is 260 Å². The summed E-state index contributed by atoms with van der Waals surface area (Å²) in [5.74, 6) is 0.375. The van der Waals surface area contributed by atoms with Crippen molar-refractivity contribution in [3.63, 3.8) is 0 Å². The lowest BCUT2D eigenvalue weighted by Crippen LogP contribution is -2.42. The number of isocyanates is 1. The standard InChI is InChI=1S/C19H20ClNO2.2C18H18ClNO3.C12H13NO2.C11H15NO.C11H14O2.C3H8.C2H6/c1-13(22)15-5-4-6-16(12-15)19(2,3)21-18(23)11-14-7-9-17(20)10-8-14;1-12(21)13-5-4-6-14(11-13)18(2,3)20-17(22)23-16-9-7-15(19)8-10-16;1-12(21)13-5-4-6-14(11-13)18(2,3)23-17(22)20-16-9-7-15(19)8-10-16;1-9(15)10-5-4-6-11(7-10)12(2,3)13-8-14;1-8(13)9-5-4-6-10(7-9)11(2,3)12;1-8(12)9-5-4-6-10(7-9)11(2,3)13;1-3-2;1-2/h4-10,12H,11H2,1-3H3,(H,21,23);2*4-11H,1-3H3,(H,20,22);4-7H,1-3H3;4-7H,12H2,1-3H3;4-7,13H,1-3H3;3H2,1-2H3;1-2H3. The molecule has 0 aromatic heterocycles. The van der Waals surface area contributed by atoms with Crippen LogP contribution < -0.4 is 26.4 Å². The Hall–Kier alpha value is -10.8. The molecule has 115 heavy (non-hydrogen) atoms. The number of aliphatic hydroxyl groups is 1. The summed E-state index contributed by atoms with van der Waals surface area (Å²) in [4.78, 5) is 118. The lowest BCUT2D eigenvalue weighted by atomic mass is 9.92. The molecule has 0 saturated heterocycles. The Morgan fingerprint density at radius 3 is 1.09 bits per heavy atom. The highest BCUT2D eigenvalue weighted by Gasteiger charge is 2.29. The molecule has 0 aliphatic heterocycles. The highest BCUT2D eigenvalue weighted by Crippen LogP contribution is 2.30. The molecule has 21 heteroatoms. The fraction of sp³-hybridized carbons (Fsp3) is 0.319. The van der Waals surface area contributed by atoms with Crippen LogP contribution in [0.25, 0.3) is 0 Å². The summed E-state index contributed by atoms with van der Waals surface area (Å²) in [6.07, 6.45) is 1.92. The monoisotopic (exact) mass is 1620 g/mol. The van der Waals surface area contributed by atoms with E-state index in [9.17, 15) is 53.1 Å². The third kappa shape index (κ3) is 36.5. The van der Waals surface area contributed by atoms with Crippen LogP contribution in [0.15, 0.2) is 223 Å². The smallest absolute Gasteiger partial charge is 0.413 e. The van der Waals surface area contributed by atoms with E-state index in [4.69, 9.17) is 50.0 Å². The predicted molar refractivity (Wildman–Crippen MR) is 464 cm³/mol. The van der Waals surface area contributed by atoms with Crippen LogP contribution in [0.3, 0.4) is 0 Å². The van der Waals surface area contributed by atoms with Gasteiger partial charge < -0.3 is 30.9 Å². The first-order valence-electron chi connectivity index (χ1n) is 37.4. The summed E-state index contributed by atoms with van der Waals surface area (Å²) < 4.78 is 10.7. The van der Waals surface area contributed by atoms with Gasteiger partial charge in [-0.2, -0.15) is 4.99 Å². The maximum Gasteiger partial charge on any atom is 0.413 e. The number of carbonyl (C=O) groups is 9. The Morgan fingerprint density at radius 1 is 0.417 bits per heavy atom. The van der Waals surface area contributed by atoms with Crippen LogP contribution in [-0.4, -0.2) is 64.0 Å². The summed E-state index contributed by atoms with van der Waals surface area (Å²) >= 11 is 17.4. The maximum absolute atomic E-state index is 12.3. The van der Waals surface area contributed by atoms with Gasteiger partial charge in [-0.1, -0.05) is 190 Å². The number of hydrogen-bond donors (Lipinski definition) is 5. The first-order valence-corrected chi connectivity index (χ1v) is 38.5. The lowest BCUT2D eigenvalue weighted by molar-refractivity contribution is -0.122. The van der Waals surface area contributed by atoms with Crippen LogP contribution >= 0.6 is 34.8 Å². The van der Waals surface area contributed by atoms with Crippen molar-refractivity contribution in [1.82, 2.24) is 10.6 Å². The molecule has 0 heterocycles. The van der Waals surface area contributed by atoms with Crippen molar-refractivity contribution >= 4 is 99.4 Å². The van der Waals surface area contributed by atoms with Gasteiger partial charge in [-0.3, -0.25) is 38.9 Å². The van der Waals surface area contributed by atoms with E-state index in [2.05, 4.69) is 34.8 Å². The van der Waals surface area contributed by atoms with Gasteiger partial charge >= 0.3 is 12.2 Å². The molecule has 0 saturated carbocycles. The van der Waals surface area contributed by atoms with E-state index < -0.39 is 40.0 Å². The summed E-state index contributed by atoms with van der Waals surface area (Å²) in [6, 6.07) is 63.7. The molecule has 0 aliphatic rings. The number of ketones is 6. The molecular formula is C94H112Cl3N5O13. The van der Waals surface area contributed by atoms with Crippen molar-refractivity contribution in [2.75, 3.05) is 5.32 Å². The van der Waals surface area contributed by atoms with Gasteiger partial charge in [0, 0.05) is 59.7 Å². The van der Waals surface area contributed by atoms with E-state index in [0.717, 1.165) is 44.5 Å². The number of halogens is 3. The van der Waals surface area contributed by atoms with Gasteiger partial charge in [-0.25, -0.2) is 14.4 Å². The van der Waals surface area contributed by atoms with E-state index in [0.29, 0.717) is 54.3 Å². The lowest BCUT2D eigenvalue weighted by Gasteiger charge is -2.27. The van der Waals surface area contributed by atoms with Gasteiger partial charge in [0.25, 0.3) is 0 Å². The van der Waals surface area contributed by atoms with E-state index in [-0.39, 0.29) is 52.6 Å². The number of nitrogens with zero attached hydrogens (tertiary/aromatic N) is 1. The quantitative estimate of drug-likeness (QED) is 0.0270. The maximum atomic E-state index is 12.3. The topological polar surface area (TPSA) is 284 Å². The van der Waals surface area contributed by atoms with Crippen molar-refractivity contribution in [3.8, 4) is 5.75 Å². The van der Waals surface area contributed by atoms with Crippen molar-refractivity contribution in [2.45, 2.75) is 199 Å². The fourth-order valence-electron chi connectivity index (χ4n) is 10.1. The van der Waals surface area contributed by atoms with E-state index in [1.54, 1.807) is 200 Å². The zero-order valence-electron chi connectivity index (χ0n) is 70.2. The summed E-state index contributed by atoms with van der Waals surface area (Å²) in [6.45, 7) is 39.3.